The van der Waals surface area contributed by atoms with E-state index in [1.54, 1.807) is 13.1 Å². The first-order valence-corrected chi connectivity index (χ1v) is 9.48. The van der Waals surface area contributed by atoms with Crippen LogP contribution >= 0.6 is 0 Å². The number of hydrogen-bond donors (Lipinski definition) is 2. The Bertz CT molecular complexity index is 1050. The van der Waals surface area contributed by atoms with E-state index in [1.165, 1.54) is 5.56 Å². The van der Waals surface area contributed by atoms with E-state index in [1.807, 2.05) is 42.5 Å². The monoisotopic (exact) mass is 390 g/mol. The summed E-state index contributed by atoms with van der Waals surface area (Å²) in [6, 6.07) is 13.6. The van der Waals surface area contributed by atoms with Crippen LogP contribution in [0.3, 0.4) is 0 Å². The van der Waals surface area contributed by atoms with Gasteiger partial charge in [-0.1, -0.05) is 25.1 Å². The molecule has 1 aliphatic heterocycles. The number of nitrogens with zero attached hydrogens (tertiary/aromatic N) is 2. The van der Waals surface area contributed by atoms with Gasteiger partial charge in [-0.05, 0) is 48.7 Å². The van der Waals surface area contributed by atoms with Crippen molar-refractivity contribution >= 4 is 17.5 Å². The molecule has 0 radical (unpaired) electrons. The van der Waals surface area contributed by atoms with E-state index in [9.17, 15) is 4.79 Å². The zero-order valence-electron chi connectivity index (χ0n) is 16.4. The zero-order valence-corrected chi connectivity index (χ0v) is 16.4. The Hall–Kier alpha value is -3.61. The van der Waals surface area contributed by atoms with Crippen molar-refractivity contribution < 1.29 is 14.3 Å². The molecule has 0 fully saturated rings. The fourth-order valence-corrected chi connectivity index (χ4v) is 3.07. The molecular weight excluding hydrogens is 368 g/mol. The molecule has 3 aromatic rings. The summed E-state index contributed by atoms with van der Waals surface area (Å²) < 4.78 is 10.7. The van der Waals surface area contributed by atoms with Crippen LogP contribution in [-0.2, 0) is 13.0 Å². The first-order chi connectivity index (χ1) is 14.1. The van der Waals surface area contributed by atoms with Gasteiger partial charge in [0.15, 0.2) is 11.5 Å². The van der Waals surface area contributed by atoms with Crippen LogP contribution in [-0.4, -0.2) is 22.7 Å². The van der Waals surface area contributed by atoms with Gasteiger partial charge in [0.05, 0.1) is 11.3 Å². The Balaban J connectivity index is 1.41. The fraction of sp³-hybridized carbons (Fsp3) is 0.227. The molecule has 0 spiro atoms. The van der Waals surface area contributed by atoms with Crippen molar-refractivity contribution in [2.24, 2.45) is 0 Å². The van der Waals surface area contributed by atoms with E-state index in [0.29, 0.717) is 23.8 Å². The third kappa shape index (κ3) is 4.29. The standard InChI is InChI=1S/C22H22N4O3/c1-3-15-5-4-6-17(9-15)26-21(27)18-12-24-22(25-14(18)2)23-11-16-7-8-19-20(10-16)29-13-28-19/h4-10,12H,3,11,13H2,1-2H3,(H,26,27)(H,23,24,25). The number of benzene rings is 2. The Morgan fingerprint density at radius 3 is 2.79 bits per heavy atom. The van der Waals surface area contributed by atoms with Gasteiger partial charge in [0.1, 0.15) is 0 Å². The van der Waals surface area contributed by atoms with E-state index < -0.39 is 0 Å². The van der Waals surface area contributed by atoms with Gasteiger partial charge in [-0.25, -0.2) is 9.97 Å². The van der Waals surface area contributed by atoms with Crippen LogP contribution in [0.25, 0.3) is 0 Å². The van der Waals surface area contributed by atoms with Gasteiger partial charge in [-0.2, -0.15) is 0 Å². The summed E-state index contributed by atoms with van der Waals surface area (Å²) >= 11 is 0. The van der Waals surface area contributed by atoms with Crippen molar-refractivity contribution in [2.45, 2.75) is 26.8 Å². The Kier molecular flexibility index (Phi) is 5.29. The zero-order chi connectivity index (χ0) is 20.2. The quantitative estimate of drug-likeness (QED) is 0.663. The Morgan fingerprint density at radius 1 is 1.10 bits per heavy atom. The van der Waals surface area contributed by atoms with Crippen molar-refractivity contribution in [3.63, 3.8) is 0 Å². The largest absolute Gasteiger partial charge is 0.454 e. The number of carbonyl (C=O) groups is 1. The van der Waals surface area contributed by atoms with Gasteiger partial charge < -0.3 is 20.1 Å². The first-order valence-electron chi connectivity index (χ1n) is 9.48. The van der Waals surface area contributed by atoms with Crippen molar-refractivity contribution in [3.8, 4) is 11.5 Å². The van der Waals surface area contributed by atoms with Gasteiger partial charge >= 0.3 is 0 Å². The van der Waals surface area contributed by atoms with Crippen molar-refractivity contribution in [1.29, 1.82) is 0 Å². The summed E-state index contributed by atoms with van der Waals surface area (Å²) in [6.45, 7) is 4.66. The Labute approximate surface area is 169 Å². The molecule has 1 aromatic heterocycles. The molecule has 29 heavy (non-hydrogen) atoms. The van der Waals surface area contributed by atoms with Crippen LogP contribution < -0.4 is 20.1 Å². The normalized spacial score (nSPS) is 11.9. The van der Waals surface area contributed by atoms with Crippen molar-refractivity contribution in [3.05, 3.63) is 71.0 Å². The lowest BCUT2D eigenvalue weighted by Crippen LogP contribution is -2.16. The van der Waals surface area contributed by atoms with Crippen LogP contribution in [0.5, 0.6) is 11.5 Å². The molecule has 2 aromatic carbocycles. The first kappa shape index (κ1) is 18.7. The number of carbonyl (C=O) groups excluding carboxylic acids is 1. The maximum atomic E-state index is 12.6. The summed E-state index contributed by atoms with van der Waals surface area (Å²) in [5, 5.41) is 6.08. The van der Waals surface area contributed by atoms with Gasteiger partial charge in [0, 0.05) is 18.4 Å². The molecule has 0 saturated heterocycles. The predicted molar refractivity (Wildman–Crippen MR) is 110 cm³/mol. The predicted octanol–water partition coefficient (Wildman–Crippen LogP) is 3.94. The molecule has 4 rings (SSSR count). The fourth-order valence-electron chi connectivity index (χ4n) is 3.07. The molecule has 148 valence electrons. The highest BCUT2D eigenvalue weighted by Gasteiger charge is 2.14. The molecule has 0 atom stereocenters. The third-order valence-electron chi connectivity index (χ3n) is 4.70. The second-order valence-corrected chi connectivity index (χ2v) is 6.74. The van der Waals surface area contributed by atoms with E-state index >= 15 is 0 Å². The molecule has 2 heterocycles. The number of fused-ring (bicyclic) bond motifs is 1. The van der Waals surface area contributed by atoms with E-state index in [4.69, 9.17) is 9.47 Å². The highest BCUT2D eigenvalue weighted by Crippen LogP contribution is 2.32. The molecular formula is C22H22N4O3. The minimum atomic E-state index is -0.224. The summed E-state index contributed by atoms with van der Waals surface area (Å²) in [7, 11) is 0. The number of aromatic nitrogens is 2. The van der Waals surface area contributed by atoms with Gasteiger partial charge in [-0.3, -0.25) is 4.79 Å². The number of anilines is 2. The highest BCUT2D eigenvalue weighted by atomic mass is 16.7. The van der Waals surface area contributed by atoms with Crippen molar-refractivity contribution in [1.82, 2.24) is 9.97 Å². The van der Waals surface area contributed by atoms with Gasteiger partial charge in [0.25, 0.3) is 5.91 Å². The molecule has 1 aliphatic rings. The summed E-state index contributed by atoms with van der Waals surface area (Å²) in [4.78, 5) is 21.3. The number of amides is 1. The van der Waals surface area contributed by atoms with Crippen LogP contribution in [0.2, 0.25) is 0 Å². The molecule has 2 N–H and O–H groups in total. The number of rotatable bonds is 6. The SMILES string of the molecule is CCc1cccc(NC(=O)c2cnc(NCc3ccc4c(c3)OCO4)nc2C)c1. The average Bonchev–Trinajstić information content (AvgIpc) is 3.20. The van der Waals surface area contributed by atoms with E-state index in [2.05, 4.69) is 27.5 Å². The second-order valence-electron chi connectivity index (χ2n) is 6.74. The smallest absolute Gasteiger partial charge is 0.259 e. The Morgan fingerprint density at radius 2 is 1.97 bits per heavy atom. The van der Waals surface area contributed by atoms with Gasteiger partial charge in [-0.15, -0.1) is 0 Å². The maximum Gasteiger partial charge on any atom is 0.259 e. The van der Waals surface area contributed by atoms with Crippen LogP contribution in [0.4, 0.5) is 11.6 Å². The minimum Gasteiger partial charge on any atom is -0.454 e. The molecule has 1 amide bonds. The number of ether oxygens (including phenoxy) is 2. The van der Waals surface area contributed by atoms with Gasteiger partial charge in [0.2, 0.25) is 12.7 Å². The van der Waals surface area contributed by atoms with E-state index in [0.717, 1.165) is 29.2 Å². The third-order valence-corrected chi connectivity index (χ3v) is 4.70. The lowest BCUT2D eigenvalue weighted by Gasteiger charge is -2.10. The maximum absolute atomic E-state index is 12.6. The lowest BCUT2D eigenvalue weighted by atomic mass is 10.1. The van der Waals surface area contributed by atoms with Crippen LogP contribution in [0.15, 0.2) is 48.7 Å². The average molecular weight is 390 g/mol. The highest BCUT2D eigenvalue weighted by molar-refractivity contribution is 6.04. The number of hydrogen-bond acceptors (Lipinski definition) is 6. The van der Waals surface area contributed by atoms with Crippen LogP contribution in [0.1, 0.15) is 34.1 Å². The number of aryl methyl sites for hydroxylation is 2. The van der Waals surface area contributed by atoms with E-state index in [-0.39, 0.29) is 12.7 Å². The molecule has 7 heteroatoms. The van der Waals surface area contributed by atoms with Crippen LogP contribution in [0, 0.1) is 6.92 Å². The second kappa shape index (κ2) is 8.18. The summed E-state index contributed by atoms with van der Waals surface area (Å²) in [5.74, 6) is 1.73. The number of nitrogens with one attached hydrogen (secondary N) is 2. The summed E-state index contributed by atoms with van der Waals surface area (Å²) in [6.07, 6.45) is 2.46. The minimum absolute atomic E-state index is 0.224. The summed E-state index contributed by atoms with van der Waals surface area (Å²) in [5.41, 5.74) is 4.00. The molecule has 7 nitrogen and oxygen atoms in total. The van der Waals surface area contributed by atoms with Crippen molar-refractivity contribution in [2.75, 3.05) is 17.4 Å². The molecule has 0 unspecified atom stereocenters. The lowest BCUT2D eigenvalue weighted by molar-refractivity contribution is 0.102. The molecule has 0 bridgehead atoms. The topological polar surface area (TPSA) is 85.4 Å². The molecule has 0 aliphatic carbocycles. The molecule has 0 saturated carbocycles.